The summed E-state index contributed by atoms with van der Waals surface area (Å²) in [7, 11) is 1.91. The van der Waals surface area contributed by atoms with Gasteiger partial charge in [-0.05, 0) is 14.0 Å². The third-order valence-corrected chi connectivity index (χ3v) is 4.26. The number of alkyl halides is 2. The van der Waals surface area contributed by atoms with Crippen LogP contribution in [0.4, 0.5) is 8.78 Å². The van der Waals surface area contributed by atoms with E-state index in [1.54, 1.807) is 18.7 Å². The largest absolute Gasteiger partial charge is 0.462 e. The van der Waals surface area contributed by atoms with Crippen molar-refractivity contribution >= 4 is 17.7 Å². The van der Waals surface area contributed by atoms with Gasteiger partial charge >= 0.3 is 5.97 Å². The van der Waals surface area contributed by atoms with E-state index in [4.69, 9.17) is 4.74 Å². The van der Waals surface area contributed by atoms with Crippen LogP contribution in [0.25, 0.3) is 0 Å². The van der Waals surface area contributed by atoms with Crippen LogP contribution in [0.5, 0.6) is 0 Å². The number of halogens is 2. The molecule has 0 N–H and O–H groups in total. The molecule has 0 aliphatic carbocycles. The zero-order valence-corrected chi connectivity index (χ0v) is 12.7. The van der Waals surface area contributed by atoms with Gasteiger partial charge in [0.15, 0.2) is 0 Å². The van der Waals surface area contributed by atoms with Crippen LogP contribution in [0.2, 0.25) is 0 Å². The average molecular weight is 317 g/mol. The van der Waals surface area contributed by atoms with E-state index in [-0.39, 0.29) is 18.2 Å². The maximum Gasteiger partial charge on any atom is 0.341 e. The fourth-order valence-corrected chi connectivity index (χ4v) is 3.27. The third-order valence-electron chi connectivity index (χ3n) is 3.23. The summed E-state index contributed by atoms with van der Waals surface area (Å²) in [5.41, 5.74) is -0.816. The first-order valence-electron chi connectivity index (χ1n) is 6.64. The van der Waals surface area contributed by atoms with Crippen LogP contribution in [-0.2, 0) is 4.74 Å². The van der Waals surface area contributed by atoms with Crippen LogP contribution < -0.4 is 0 Å². The molecule has 0 amide bonds. The molecule has 0 saturated carbocycles. The first kappa shape index (κ1) is 16.1. The molecule has 1 aromatic rings. The van der Waals surface area contributed by atoms with Gasteiger partial charge in [-0.3, -0.25) is 4.90 Å². The molecule has 1 atom stereocenters. The molecular formula is C13H17F2N3O2S. The molecular weight excluding hydrogens is 300 g/mol. The molecule has 0 spiro atoms. The van der Waals surface area contributed by atoms with Crippen LogP contribution in [0.3, 0.4) is 0 Å². The third kappa shape index (κ3) is 3.68. The minimum Gasteiger partial charge on any atom is -0.462 e. The Labute approximate surface area is 126 Å². The summed E-state index contributed by atoms with van der Waals surface area (Å²) in [6, 6.07) is -0.113. The van der Waals surface area contributed by atoms with Crippen LogP contribution in [-0.4, -0.2) is 52.5 Å². The van der Waals surface area contributed by atoms with E-state index >= 15 is 0 Å². The van der Waals surface area contributed by atoms with E-state index in [1.807, 2.05) is 11.9 Å². The first-order valence-corrected chi connectivity index (χ1v) is 7.80. The summed E-state index contributed by atoms with van der Waals surface area (Å²) < 4.78 is 31.1. The van der Waals surface area contributed by atoms with Crippen molar-refractivity contribution in [2.24, 2.45) is 0 Å². The van der Waals surface area contributed by atoms with Gasteiger partial charge in [0.25, 0.3) is 6.43 Å². The van der Waals surface area contributed by atoms with E-state index in [0.29, 0.717) is 5.82 Å². The highest BCUT2D eigenvalue weighted by atomic mass is 32.2. The van der Waals surface area contributed by atoms with Gasteiger partial charge < -0.3 is 4.74 Å². The van der Waals surface area contributed by atoms with E-state index in [0.717, 1.165) is 24.2 Å². The molecule has 8 heteroatoms. The van der Waals surface area contributed by atoms with Crippen molar-refractivity contribution in [3.8, 4) is 0 Å². The van der Waals surface area contributed by atoms with Crippen LogP contribution in [0, 0.1) is 0 Å². The number of hydrogen-bond acceptors (Lipinski definition) is 6. The quantitative estimate of drug-likeness (QED) is 0.794. The second-order valence-electron chi connectivity index (χ2n) is 4.62. The Morgan fingerprint density at radius 1 is 1.62 bits per heavy atom. The van der Waals surface area contributed by atoms with E-state index in [1.165, 1.54) is 0 Å². The minimum absolute atomic E-state index is 0.113. The smallest absolute Gasteiger partial charge is 0.341 e. The summed E-state index contributed by atoms with van der Waals surface area (Å²) in [6.45, 7) is 2.58. The summed E-state index contributed by atoms with van der Waals surface area (Å²) in [6.07, 6.45) is -1.69. The summed E-state index contributed by atoms with van der Waals surface area (Å²) in [5.74, 6) is 1.26. The number of hydrogen-bond donors (Lipinski definition) is 0. The molecule has 1 aromatic heterocycles. The lowest BCUT2D eigenvalue weighted by Gasteiger charge is -2.31. The van der Waals surface area contributed by atoms with Gasteiger partial charge in [0.05, 0.1) is 12.6 Å². The number of ether oxygens (including phenoxy) is 1. The van der Waals surface area contributed by atoms with Gasteiger partial charge in [-0.25, -0.2) is 23.5 Å². The van der Waals surface area contributed by atoms with Gasteiger partial charge in [-0.15, -0.1) is 0 Å². The molecule has 2 heterocycles. The van der Waals surface area contributed by atoms with Crippen molar-refractivity contribution in [3.05, 3.63) is 23.3 Å². The number of nitrogens with zero attached hydrogens (tertiary/aromatic N) is 3. The Morgan fingerprint density at radius 2 is 2.38 bits per heavy atom. The Balaban J connectivity index is 2.33. The topological polar surface area (TPSA) is 55.3 Å². The Morgan fingerprint density at radius 3 is 3.00 bits per heavy atom. The molecule has 2 rings (SSSR count). The highest BCUT2D eigenvalue weighted by Gasteiger charge is 2.28. The van der Waals surface area contributed by atoms with Gasteiger partial charge in [0, 0.05) is 24.2 Å². The standard InChI is InChI=1S/C13H17F2N3O2S/c1-3-20-13(19)8-6-16-12(17-10(8)11(14)15)9-7-21-5-4-18(9)2/h6,9,11H,3-5,7H2,1-2H3. The second-order valence-corrected chi connectivity index (χ2v) is 5.77. The van der Waals surface area contributed by atoms with Crippen molar-refractivity contribution in [1.29, 1.82) is 0 Å². The molecule has 0 bridgehead atoms. The zero-order chi connectivity index (χ0) is 15.4. The molecule has 1 fully saturated rings. The van der Waals surface area contributed by atoms with E-state index in [2.05, 4.69) is 9.97 Å². The van der Waals surface area contributed by atoms with E-state index < -0.39 is 18.1 Å². The van der Waals surface area contributed by atoms with E-state index in [9.17, 15) is 13.6 Å². The molecule has 1 aliphatic rings. The van der Waals surface area contributed by atoms with Gasteiger partial charge in [-0.2, -0.15) is 11.8 Å². The van der Waals surface area contributed by atoms with Crippen molar-refractivity contribution in [3.63, 3.8) is 0 Å². The number of rotatable bonds is 4. The first-order chi connectivity index (χ1) is 10.0. The lowest BCUT2D eigenvalue weighted by molar-refractivity contribution is 0.0512. The number of esters is 1. The molecule has 1 unspecified atom stereocenters. The van der Waals surface area contributed by atoms with Crippen molar-refractivity contribution in [1.82, 2.24) is 14.9 Å². The normalized spacial score (nSPS) is 19.8. The number of thioether (sulfide) groups is 1. The second kappa shape index (κ2) is 7.13. The average Bonchev–Trinajstić information content (AvgIpc) is 2.47. The summed E-state index contributed by atoms with van der Waals surface area (Å²) in [5, 5.41) is 0. The highest BCUT2D eigenvalue weighted by Crippen LogP contribution is 2.28. The fraction of sp³-hybridized carbons (Fsp3) is 0.615. The maximum atomic E-state index is 13.2. The molecule has 5 nitrogen and oxygen atoms in total. The highest BCUT2D eigenvalue weighted by molar-refractivity contribution is 7.99. The lowest BCUT2D eigenvalue weighted by atomic mass is 10.2. The Kier molecular flexibility index (Phi) is 5.46. The molecule has 0 aromatic carbocycles. The van der Waals surface area contributed by atoms with Crippen molar-refractivity contribution < 1.29 is 18.3 Å². The summed E-state index contributed by atoms with van der Waals surface area (Å²) >= 11 is 1.73. The number of carbonyl (C=O) groups is 1. The molecule has 21 heavy (non-hydrogen) atoms. The minimum atomic E-state index is -2.84. The van der Waals surface area contributed by atoms with Crippen LogP contribution >= 0.6 is 11.8 Å². The van der Waals surface area contributed by atoms with Crippen LogP contribution in [0.1, 0.15) is 41.3 Å². The fourth-order valence-electron chi connectivity index (χ4n) is 2.06. The Hall–Kier alpha value is -1.28. The van der Waals surface area contributed by atoms with Gasteiger partial charge in [-0.1, -0.05) is 0 Å². The molecule has 1 aliphatic heterocycles. The van der Waals surface area contributed by atoms with Gasteiger partial charge in [0.2, 0.25) is 0 Å². The monoisotopic (exact) mass is 317 g/mol. The predicted octanol–water partition coefficient (Wildman–Crippen LogP) is 2.31. The number of carbonyl (C=O) groups excluding carboxylic acids is 1. The summed E-state index contributed by atoms with van der Waals surface area (Å²) in [4.78, 5) is 21.7. The Bertz CT molecular complexity index is 516. The SMILES string of the molecule is CCOC(=O)c1cnc(C2CSCCN2C)nc1C(F)F. The number of aromatic nitrogens is 2. The molecule has 116 valence electrons. The molecule has 1 saturated heterocycles. The van der Waals surface area contributed by atoms with Crippen molar-refractivity contribution in [2.45, 2.75) is 19.4 Å². The maximum absolute atomic E-state index is 13.2. The lowest BCUT2D eigenvalue weighted by Crippen LogP contribution is -2.34. The predicted molar refractivity (Wildman–Crippen MR) is 75.6 cm³/mol. The zero-order valence-electron chi connectivity index (χ0n) is 11.9. The van der Waals surface area contributed by atoms with Gasteiger partial charge in [0.1, 0.15) is 17.1 Å². The van der Waals surface area contributed by atoms with Crippen molar-refractivity contribution in [2.75, 3.05) is 31.7 Å². The van der Waals surface area contributed by atoms with Crippen LogP contribution in [0.15, 0.2) is 6.20 Å². The molecule has 0 radical (unpaired) electrons.